The molecule has 7 nitrogen and oxygen atoms in total. The summed E-state index contributed by atoms with van der Waals surface area (Å²) in [6.07, 6.45) is 1.52. The van der Waals surface area contributed by atoms with Crippen molar-refractivity contribution >= 4 is 5.91 Å². The molecule has 2 rings (SSSR count). The predicted molar refractivity (Wildman–Crippen MR) is 95.8 cm³/mol. The SMILES string of the molecule is CCOC(Cc1ccc(OCc2cc(OC)ccn2)cc1)C(=O)NOC. The largest absolute Gasteiger partial charge is 0.497 e. The predicted octanol–water partition coefficient (Wildman–Crippen LogP) is 2.29. The van der Waals surface area contributed by atoms with Gasteiger partial charge in [0.15, 0.2) is 0 Å². The van der Waals surface area contributed by atoms with Crippen LogP contribution in [0.3, 0.4) is 0 Å². The van der Waals surface area contributed by atoms with Crippen molar-refractivity contribution in [3.63, 3.8) is 0 Å². The molecule has 0 spiro atoms. The highest BCUT2D eigenvalue weighted by Gasteiger charge is 2.19. The molecule has 0 saturated carbocycles. The summed E-state index contributed by atoms with van der Waals surface area (Å²) >= 11 is 0. The van der Waals surface area contributed by atoms with E-state index in [-0.39, 0.29) is 5.91 Å². The van der Waals surface area contributed by atoms with E-state index in [0.717, 1.165) is 17.0 Å². The van der Waals surface area contributed by atoms with Gasteiger partial charge in [0, 0.05) is 25.3 Å². The molecule has 0 aliphatic rings. The van der Waals surface area contributed by atoms with Crippen LogP contribution in [0.25, 0.3) is 0 Å². The zero-order chi connectivity index (χ0) is 18.8. The highest BCUT2D eigenvalue weighted by Crippen LogP contribution is 2.17. The van der Waals surface area contributed by atoms with Crippen LogP contribution in [0.1, 0.15) is 18.2 Å². The van der Waals surface area contributed by atoms with Crippen molar-refractivity contribution in [3.05, 3.63) is 53.9 Å². The van der Waals surface area contributed by atoms with Crippen LogP contribution in [0.4, 0.5) is 0 Å². The second kappa shape index (κ2) is 10.4. The Morgan fingerprint density at radius 1 is 1.15 bits per heavy atom. The second-order valence-corrected chi connectivity index (χ2v) is 5.44. The van der Waals surface area contributed by atoms with Gasteiger partial charge < -0.3 is 14.2 Å². The highest BCUT2D eigenvalue weighted by molar-refractivity contribution is 5.80. The Balaban J connectivity index is 1.93. The average Bonchev–Trinajstić information content (AvgIpc) is 2.67. The first-order valence-electron chi connectivity index (χ1n) is 8.31. The summed E-state index contributed by atoms with van der Waals surface area (Å²) in [6, 6.07) is 11.1. The molecule has 1 atom stereocenters. The Morgan fingerprint density at radius 3 is 2.58 bits per heavy atom. The lowest BCUT2D eigenvalue weighted by Gasteiger charge is -2.16. The molecule has 26 heavy (non-hydrogen) atoms. The molecule has 7 heteroatoms. The monoisotopic (exact) mass is 360 g/mol. The van der Waals surface area contributed by atoms with Crippen molar-refractivity contribution < 1.29 is 23.8 Å². The minimum Gasteiger partial charge on any atom is -0.497 e. The number of carbonyl (C=O) groups excluding carboxylic acids is 1. The molecular weight excluding hydrogens is 336 g/mol. The molecule has 1 N–H and O–H groups in total. The van der Waals surface area contributed by atoms with Crippen LogP contribution in [0.2, 0.25) is 0 Å². The van der Waals surface area contributed by atoms with Gasteiger partial charge in [0.25, 0.3) is 5.91 Å². The van der Waals surface area contributed by atoms with Crippen LogP contribution in [0.5, 0.6) is 11.5 Å². The van der Waals surface area contributed by atoms with Gasteiger partial charge in [-0.2, -0.15) is 0 Å². The summed E-state index contributed by atoms with van der Waals surface area (Å²) in [6.45, 7) is 2.63. The number of hydroxylamine groups is 1. The van der Waals surface area contributed by atoms with Crippen molar-refractivity contribution in [1.29, 1.82) is 0 Å². The van der Waals surface area contributed by atoms with Gasteiger partial charge in [-0.05, 0) is 30.7 Å². The lowest BCUT2D eigenvalue weighted by Crippen LogP contribution is -2.37. The minimum absolute atomic E-state index is 0.307. The molecular formula is C19H24N2O5. The smallest absolute Gasteiger partial charge is 0.272 e. The van der Waals surface area contributed by atoms with Gasteiger partial charge in [-0.3, -0.25) is 14.6 Å². The summed E-state index contributed by atoms with van der Waals surface area (Å²) in [5, 5.41) is 0. The Bertz CT molecular complexity index is 691. The maximum atomic E-state index is 11.9. The summed E-state index contributed by atoms with van der Waals surface area (Å²) in [5.41, 5.74) is 4.04. The van der Waals surface area contributed by atoms with Gasteiger partial charge in [0.2, 0.25) is 0 Å². The first kappa shape index (κ1) is 19.7. The third-order valence-corrected chi connectivity index (χ3v) is 3.62. The number of hydrogen-bond donors (Lipinski definition) is 1. The number of carbonyl (C=O) groups is 1. The second-order valence-electron chi connectivity index (χ2n) is 5.44. The molecule has 0 saturated heterocycles. The zero-order valence-electron chi connectivity index (χ0n) is 15.2. The van der Waals surface area contributed by atoms with Gasteiger partial charge in [-0.25, -0.2) is 5.48 Å². The lowest BCUT2D eigenvalue weighted by atomic mass is 10.1. The third kappa shape index (κ3) is 6.02. The van der Waals surface area contributed by atoms with Gasteiger partial charge in [0.1, 0.15) is 24.2 Å². The van der Waals surface area contributed by atoms with E-state index in [9.17, 15) is 4.79 Å². The Kier molecular flexibility index (Phi) is 7.85. The molecule has 0 fully saturated rings. The molecule has 0 aliphatic heterocycles. The molecule has 2 aromatic rings. The molecule has 1 unspecified atom stereocenters. The number of nitrogens with one attached hydrogen (secondary N) is 1. The minimum atomic E-state index is -0.604. The number of ether oxygens (including phenoxy) is 3. The summed E-state index contributed by atoms with van der Waals surface area (Å²) in [4.78, 5) is 20.8. The van der Waals surface area contributed by atoms with Crippen LogP contribution in [-0.2, 0) is 27.4 Å². The van der Waals surface area contributed by atoms with Crippen molar-refractivity contribution in [3.8, 4) is 11.5 Å². The van der Waals surface area contributed by atoms with E-state index in [2.05, 4.69) is 15.3 Å². The zero-order valence-corrected chi connectivity index (χ0v) is 15.2. The number of benzene rings is 1. The lowest BCUT2D eigenvalue weighted by molar-refractivity contribution is -0.143. The topological polar surface area (TPSA) is 78.9 Å². The molecule has 1 amide bonds. The number of nitrogens with zero attached hydrogens (tertiary/aromatic N) is 1. The van der Waals surface area contributed by atoms with Crippen molar-refractivity contribution in [2.24, 2.45) is 0 Å². The van der Waals surface area contributed by atoms with Crippen molar-refractivity contribution in [2.75, 3.05) is 20.8 Å². The number of amides is 1. The summed E-state index contributed by atoms with van der Waals surface area (Å²) in [7, 11) is 3.01. The van der Waals surface area contributed by atoms with E-state index < -0.39 is 6.10 Å². The van der Waals surface area contributed by atoms with E-state index in [1.165, 1.54) is 7.11 Å². The number of aromatic nitrogens is 1. The quantitative estimate of drug-likeness (QED) is 0.655. The fraction of sp³-hybridized carbons (Fsp3) is 0.368. The fourth-order valence-electron chi connectivity index (χ4n) is 2.35. The van der Waals surface area contributed by atoms with Gasteiger partial charge in [-0.1, -0.05) is 12.1 Å². The van der Waals surface area contributed by atoms with Crippen molar-refractivity contribution in [2.45, 2.75) is 26.1 Å². The normalized spacial score (nSPS) is 11.7. The maximum absolute atomic E-state index is 11.9. The number of rotatable bonds is 10. The van der Waals surface area contributed by atoms with E-state index in [1.807, 2.05) is 37.3 Å². The van der Waals surface area contributed by atoms with E-state index in [1.54, 1.807) is 19.4 Å². The van der Waals surface area contributed by atoms with Gasteiger partial charge in [0.05, 0.1) is 19.9 Å². The first-order chi connectivity index (χ1) is 12.7. The Morgan fingerprint density at radius 2 is 1.92 bits per heavy atom. The molecule has 140 valence electrons. The molecule has 0 radical (unpaired) electrons. The average molecular weight is 360 g/mol. The van der Waals surface area contributed by atoms with Crippen LogP contribution in [-0.4, -0.2) is 37.8 Å². The summed E-state index contributed by atoms with van der Waals surface area (Å²) < 4.78 is 16.4. The molecule has 0 bridgehead atoms. The van der Waals surface area contributed by atoms with Crippen LogP contribution in [0.15, 0.2) is 42.6 Å². The summed E-state index contributed by atoms with van der Waals surface area (Å²) in [5.74, 6) is 1.15. The highest BCUT2D eigenvalue weighted by atomic mass is 16.6. The standard InChI is InChI=1S/C19H24N2O5/c1-4-25-18(19(22)21-24-3)11-14-5-7-16(8-6-14)26-13-15-12-17(23-2)9-10-20-15/h5-10,12,18H,4,11,13H2,1-3H3,(H,21,22). The molecule has 0 aliphatic carbocycles. The van der Waals surface area contributed by atoms with Crippen LogP contribution in [0, 0.1) is 0 Å². The van der Waals surface area contributed by atoms with Crippen LogP contribution < -0.4 is 15.0 Å². The van der Waals surface area contributed by atoms with Gasteiger partial charge >= 0.3 is 0 Å². The number of pyridine rings is 1. The van der Waals surface area contributed by atoms with E-state index in [0.29, 0.717) is 25.4 Å². The third-order valence-electron chi connectivity index (χ3n) is 3.62. The van der Waals surface area contributed by atoms with Crippen LogP contribution >= 0.6 is 0 Å². The maximum Gasteiger partial charge on any atom is 0.272 e. The molecule has 1 aromatic carbocycles. The van der Waals surface area contributed by atoms with Gasteiger partial charge in [-0.15, -0.1) is 0 Å². The van der Waals surface area contributed by atoms with E-state index >= 15 is 0 Å². The Hall–Kier alpha value is -2.64. The van der Waals surface area contributed by atoms with E-state index in [4.69, 9.17) is 14.2 Å². The molecule has 1 aromatic heterocycles. The Labute approximate surface area is 153 Å². The number of methoxy groups -OCH3 is 1. The first-order valence-corrected chi connectivity index (χ1v) is 8.31. The number of hydrogen-bond acceptors (Lipinski definition) is 6. The van der Waals surface area contributed by atoms with Crippen molar-refractivity contribution in [1.82, 2.24) is 10.5 Å². The fourth-order valence-corrected chi connectivity index (χ4v) is 2.35. The molecule has 1 heterocycles.